The zero-order chi connectivity index (χ0) is 9.14. The van der Waals surface area contributed by atoms with E-state index in [1.54, 1.807) is 6.92 Å². The van der Waals surface area contributed by atoms with Gasteiger partial charge in [-0.25, -0.2) is 0 Å². The van der Waals surface area contributed by atoms with Crippen molar-refractivity contribution in [3.8, 4) is 0 Å². The van der Waals surface area contributed by atoms with Gasteiger partial charge in [0, 0.05) is 25.7 Å². The van der Waals surface area contributed by atoms with Gasteiger partial charge in [-0.05, 0) is 13.8 Å². The minimum atomic E-state index is -0.370. The van der Waals surface area contributed by atoms with Crippen molar-refractivity contribution in [3.63, 3.8) is 0 Å². The Hall–Kier alpha value is -0.610. The molecule has 0 saturated carbocycles. The molecule has 12 heavy (non-hydrogen) atoms. The highest BCUT2D eigenvalue weighted by Crippen LogP contribution is 2.03. The van der Waals surface area contributed by atoms with E-state index < -0.39 is 0 Å². The number of rotatable bonds is 1. The zero-order valence-corrected chi connectivity index (χ0v) is 7.71. The Morgan fingerprint density at radius 2 is 2.42 bits per heavy atom. The molecule has 3 N–H and O–H groups in total. The van der Waals surface area contributed by atoms with Gasteiger partial charge in [-0.3, -0.25) is 4.79 Å². The normalized spacial score (nSPS) is 26.9. The fourth-order valence-corrected chi connectivity index (χ4v) is 1.43. The Kier molecular flexibility index (Phi) is 3.05. The van der Waals surface area contributed by atoms with Crippen LogP contribution in [0.5, 0.6) is 0 Å². The average Bonchev–Trinajstić information content (AvgIpc) is 2.04. The predicted molar refractivity (Wildman–Crippen MR) is 47.7 cm³/mol. The van der Waals surface area contributed by atoms with Crippen molar-refractivity contribution in [1.29, 1.82) is 0 Å². The molecule has 0 radical (unpaired) electrons. The van der Waals surface area contributed by atoms with Gasteiger partial charge in [-0.1, -0.05) is 0 Å². The summed E-state index contributed by atoms with van der Waals surface area (Å²) in [6, 6.07) is -0.0946. The number of nitrogens with two attached hydrogens (primary N) is 1. The molecule has 0 bridgehead atoms. The van der Waals surface area contributed by atoms with E-state index in [1.807, 2.05) is 11.8 Å². The lowest BCUT2D eigenvalue weighted by atomic mass is 10.2. The summed E-state index contributed by atoms with van der Waals surface area (Å²) in [5, 5.41) is 3.22. The maximum atomic E-state index is 11.5. The molecule has 1 rings (SSSR count). The number of nitrogens with zero attached hydrogens (tertiary/aromatic N) is 1. The summed E-state index contributed by atoms with van der Waals surface area (Å²) >= 11 is 0. The molecule has 0 spiro atoms. The molecule has 0 aromatic heterocycles. The smallest absolute Gasteiger partial charge is 0.239 e. The van der Waals surface area contributed by atoms with E-state index in [9.17, 15) is 4.79 Å². The SMILES string of the molecule is CC1CNCCN1C(=O)[C@@H](C)N. The first kappa shape index (κ1) is 9.48. The quantitative estimate of drug-likeness (QED) is 0.540. The number of piperazine rings is 1. The van der Waals surface area contributed by atoms with E-state index in [0.29, 0.717) is 0 Å². The molecule has 0 aromatic carbocycles. The van der Waals surface area contributed by atoms with Crippen LogP contribution in [0.1, 0.15) is 13.8 Å². The average molecular weight is 171 g/mol. The van der Waals surface area contributed by atoms with Crippen molar-refractivity contribution in [3.05, 3.63) is 0 Å². The standard InChI is InChI=1S/C8H17N3O/c1-6-5-10-3-4-11(6)8(12)7(2)9/h6-7,10H,3-5,9H2,1-2H3/t6?,7-/m1/s1. The van der Waals surface area contributed by atoms with Crippen LogP contribution in [-0.4, -0.2) is 42.5 Å². The van der Waals surface area contributed by atoms with E-state index in [1.165, 1.54) is 0 Å². The van der Waals surface area contributed by atoms with Crippen LogP contribution in [0.3, 0.4) is 0 Å². The molecule has 0 aliphatic carbocycles. The van der Waals surface area contributed by atoms with Crippen LogP contribution < -0.4 is 11.1 Å². The number of hydrogen-bond acceptors (Lipinski definition) is 3. The van der Waals surface area contributed by atoms with Crippen molar-refractivity contribution in [1.82, 2.24) is 10.2 Å². The largest absolute Gasteiger partial charge is 0.336 e. The highest BCUT2D eigenvalue weighted by Gasteiger charge is 2.24. The number of amides is 1. The molecule has 1 aliphatic heterocycles. The minimum Gasteiger partial charge on any atom is -0.336 e. The predicted octanol–water partition coefficient (Wildman–Crippen LogP) is -0.846. The highest BCUT2D eigenvalue weighted by atomic mass is 16.2. The van der Waals surface area contributed by atoms with Gasteiger partial charge in [0.05, 0.1) is 6.04 Å². The van der Waals surface area contributed by atoms with Crippen LogP contribution in [0.15, 0.2) is 0 Å². The molecule has 4 heteroatoms. The van der Waals surface area contributed by atoms with Crippen molar-refractivity contribution in [2.45, 2.75) is 25.9 Å². The first-order valence-corrected chi connectivity index (χ1v) is 4.39. The summed E-state index contributed by atoms with van der Waals surface area (Å²) in [4.78, 5) is 13.3. The van der Waals surface area contributed by atoms with Gasteiger partial charge >= 0.3 is 0 Å². The molecular weight excluding hydrogens is 154 g/mol. The molecule has 1 amide bonds. The molecule has 1 saturated heterocycles. The molecule has 1 aliphatic rings. The van der Waals surface area contributed by atoms with Crippen molar-refractivity contribution >= 4 is 5.91 Å². The summed E-state index contributed by atoms with van der Waals surface area (Å²) in [6.45, 7) is 6.30. The molecule has 0 aromatic rings. The third-order valence-corrected chi connectivity index (χ3v) is 2.17. The van der Waals surface area contributed by atoms with Crippen LogP contribution in [0.25, 0.3) is 0 Å². The molecule has 1 heterocycles. The van der Waals surface area contributed by atoms with Crippen LogP contribution in [0.4, 0.5) is 0 Å². The maximum Gasteiger partial charge on any atom is 0.239 e. The first-order chi connectivity index (χ1) is 5.63. The monoisotopic (exact) mass is 171 g/mol. The number of hydrogen-bond donors (Lipinski definition) is 2. The first-order valence-electron chi connectivity index (χ1n) is 4.39. The van der Waals surface area contributed by atoms with Crippen LogP contribution in [-0.2, 0) is 4.79 Å². The summed E-state index contributed by atoms with van der Waals surface area (Å²) in [5.74, 6) is 0.0593. The van der Waals surface area contributed by atoms with Gasteiger partial charge in [-0.2, -0.15) is 0 Å². The molecule has 1 unspecified atom stereocenters. The second-order valence-electron chi connectivity index (χ2n) is 3.37. The van der Waals surface area contributed by atoms with Gasteiger partial charge in [0.25, 0.3) is 0 Å². The molecule has 4 nitrogen and oxygen atoms in total. The fraction of sp³-hybridized carbons (Fsp3) is 0.875. The Balaban J connectivity index is 2.53. The lowest BCUT2D eigenvalue weighted by molar-refractivity contribution is -0.134. The van der Waals surface area contributed by atoms with Crippen LogP contribution in [0, 0.1) is 0 Å². The van der Waals surface area contributed by atoms with E-state index in [2.05, 4.69) is 5.32 Å². The Morgan fingerprint density at radius 1 is 1.75 bits per heavy atom. The summed E-state index contributed by atoms with van der Waals surface area (Å²) in [5.41, 5.74) is 5.52. The van der Waals surface area contributed by atoms with E-state index in [4.69, 9.17) is 5.73 Å². The topological polar surface area (TPSA) is 58.4 Å². The van der Waals surface area contributed by atoms with Gasteiger partial charge in [-0.15, -0.1) is 0 Å². The lowest BCUT2D eigenvalue weighted by Crippen LogP contribution is -2.55. The summed E-state index contributed by atoms with van der Waals surface area (Å²) in [6.07, 6.45) is 0. The van der Waals surface area contributed by atoms with Crippen molar-refractivity contribution in [2.24, 2.45) is 5.73 Å². The fourth-order valence-electron chi connectivity index (χ4n) is 1.43. The van der Waals surface area contributed by atoms with Crippen LogP contribution in [0.2, 0.25) is 0 Å². The minimum absolute atomic E-state index is 0.0593. The van der Waals surface area contributed by atoms with Gasteiger partial charge < -0.3 is 16.0 Å². The zero-order valence-electron chi connectivity index (χ0n) is 7.71. The molecule has 1 fully saturated rings. The molecule has 70 valence electrons. The second-order valence-corrected chi connectivity index (χ2v) is 3.37. The van der Waals surface area contributed by atoms with Crippen molar-refractivity contribution < 1.29 is 4.79 Å². The molecular formula is C8H17N3O. The highest BCUT2D eigenvalue weighted by molar-refractivity contribution is 5.81. The number of carbonyl (C=O) groups is 1. The third kappa shape index (κ3) is 1.95. The number of carbonyl (C=O) groups excluding carboxylic acids is 1. The number of nitrogens with one attached hydrogen (secondary N) is 1. The van der Waals surface area contributed by atoms with Gasteiger partial charge in [0.15, 0.2) is 0 Å². The van der Waals surface area contributed by atoms with Crippen molar-refractivity contribution in [2.75, 3.05) is 19.6 Å². The van der Waals surface area contributed by atoms with Gasteiger partial charge in [0.1, 0.15) is 0 Å². The molecule has 2 atom stereocenters. The van der Waals surface area contributed by atoms with E-state index in [-0.39, 0.29) is 18.0 Å². The Bertz CT molecular complexity index is 170. The van der Waals surface area contributed by atoms with Crippen LogP contribution >= 0.6 is 0 Å². The summed E-state index contributed by atoms with van der Waals surface area (Å²) in [7, 11) is 0. The maximum absolute atomic E-state index is 11.5. The van der Waals surface area contributed by atoms with E-state index >= 15 is 0 Å². The van der Waals surface area contributed by atoms with Gasteiger partial charge in [0.2, 0.25) is 5.91 Å². The Morgan fingerprint density at radius 3 is 2.92 bits per heavy atom. The summed E-state index contributed by atoms with van der Waals surface area (Å²) < 4.78 is 0. The second kappa shape index (κ2) is 3.87. The lowest BCUT2D eigenvalue weighted by Gasteiger charge is -2.34. The third-order valence-electron chi connectivity index (χ3n) is 2.17. The Labute approximate surface area is 73.1 Å². The van der Waals surface area contributed by atoms with E-state index in [0.717, 1.165) is 19.6 Å².